The fraction of sp³-hybridized carbons (Fsp3) is 0.857. The highest BCUT2D eigenvalue weighted by Crippen LogP contribution is 2.03. The van der Waals surface area contributed by atoms with Crippen molar-refractivity contribution in [2.24, 2.45) is 5.73 Å². The molecule has 2 N–H and O–H groups in total. The van der Waals surface area contributed by atoms with Crippen LogP contribution in [0.15, 0.2) is 0 Å². The number of hydrogen-bond donors (Lipinski definition) is 1. The van der Waals surface area contributed by atoms with E-state index in [4.69, 9.17) is 18.0 Å². The van der Waals surface area contributed by atoms with Crippen molar-refractivity contribution in [2.45, 2.75) is 6.42 Å². The summed E-state index contributed by atoms with van der Waals surface area (Å²) in [5.74, 6) is 0.536. The van der Waals surface area contributed by atoms with Crippen molar-refractivity contribution in [3.05, 3.63) is 0 Å². The van der Waals surface area contributed by atoms with Crippen molar-refractivity contribution in [1.82, 2.24) is 4.90 Å². The van der Waals surface area contributed by atoms with E-state index in [2.05, 4.69) is 4.90 Å². The molecule has 13 heavy (non-hydrogen) atoms. The molecule has 0 amide bonds. The zero-order valence-corrected chi connectivity index (χ0v) is 9.03. The van der Waals surface area contributed by atoms with Crippen LogP contribution in [0.5, 0.6) is 0 Å². The Morgan fingerprint density at radius 3 is 2.38 bits per heavy atom. The van der Waals surface area contributed by atoms with Gasteiger partial charge in [-0.3, -0.25) is 0 Å². The largest absolute Gasteiger partial charge is 0.393 e. The molecule has 0 aromatic rings. The fourth-order valence-electron chi connectivity index (χ4n) is 1.24. The summed E-state index contributed by atoms with van der Waals surface area (Å²) in [4.78, 5) is 2.58. The van der Waals surface area contributed by atoms with E-state index in [0.717, 1.165) is 6.54 Å². The Morgan fingerprint density at radius 2 is 1.92 bits per heavy atom. The molecular formula is C7H14N2O2S2. The molecule has 0 saturated carbocycles. The van der Waals surface area contributed by atoms with Crippen molar-refractivity contribution >= 4 is 27.0 Å². The van der Waals surface area contributed by atoms with Crippen LogP contribution in [-0.2, 0) is 9.84 Å². The lowest BCUT2D eigenvalue weighted by Crippen LogP contribution is -2.41. The van der Waals surface area contributed by atoms with Gasteiger partial charge in [-0.05, 0) is 0 Å². The first-order valence-corrected chi connectivity index (χ1v) is 6.44. The molecular weight excluding hydrogens is 208 g/mol. The highest BCUT2D eigenvalue weighted by atomic mass is 32.2. The minimum Gasteiger partial charge on any atom is -0.393 e. The van der Waals surface area contributed by atoms with Crippen LogP contribution in [0.25, 0.3) is 0 Å². The average Bonchev–Trinajstić information content (AvgIpc) is 2.02. The maximum atomic E-state index is 11.1. The molecule has 1 aliphatic rings. The molecule has 6 heteroatoms. The van der Waals surface area contributed by atoms with Crippen LogP contribution in [-0.4, -0.2) is 49.4 Å². The molecule has 1 heterocycles. The first kappa shape index (κ1) is 10.9. The second kappa shape index (κ2) is 4.34. The molecule has 0 aromatic heterocycles. The zero-order chi connectivity index (χ0) is 9.90. The standard InChI is InChI=1S/C7H14N2O2S2/c8-7(12)1-2-9-3-5-13(10,11)6-4-9/h1-6H2,(H2,8,12). The van der Waals surface area contributed by atoms with Gasteiger partial charge in [0.25, 0.3) is 0 Å². The number of hydrogen-bond acceptors (Lipinski definition) is 4. The van der Waals surface area contributed by atoms with Gasteiger partial charge in [-0.15, -0.1) is 0 Å². The Bertz CT molecular complexity index is 273. The summed E-state index contributed by atoms with van der Waals surface area (Å²) in [5, 5.41) is 0. The molecule has 0 radical (unpaired) electrons. The van der Waals surface area contributed by atoms with Gasteiger partial charge in [-0.1, -0.05) is 12.2 Å². The lowest BCUT2D eigenvalue weighted by atomic mass is 10.3. The molecule has 0 unspecified atom stereocenters. The van der Waals surface area contributed by atoms with E-state index in [-0.39, 0.29) is 11.5 Å². The van der Waals surface area contributed by atoms with Gasteiger partial charge in [0.1, 0.15) is 0 Å². The Kier molecular flexibility index (Phi) is 3.63. The lowest BCUT2D eigenvalue weighted by molar-refractivity contribution is 0.304. The number of thiocarbonyl (C=S) groups is 1. The molecule has 76 valence electrons. The minimum atomic E-state index is -2.76. The summed E-state index contributed by atoms with van der Waals surface area (Å²) < 4.78 is 22.1. The second-order valence-electron chi connectivity index (χ2n) is 3.21. The van der Waals surface area contributed by atoms with Crippen LogP contribution in [0, 0.1) is 0 Å². The molecule has 0 atom stereocenters. The number of nitrogens with zero attached hydrogens (tertiary/aromatic N) is 1. The van der Waals surface area contributed by atoms with E-state index in [1.807, 2.05) is 0 Å². The average molecular weight is 222 g/mol. The first-order valence-electron chi connectivity index (χ1n) is 4.21. The van der Waals surface area contributed by atoms with Gasteiger partial charge in [0.2, 0.25) is 0 Å². The maximum Gasteiger partial charge on any atom is 0.152 e. The normalized spacial score (nSPS) is 22.8. The second-order valence-corrected chi connectivity index (χ2v) is 6.04. The van der Waals surface area contributed by atoms with Crippen molar-refractivity contribution in [1.29, 1.82) is 0 Å². The van der Waals surface area contributed by atoms with Gasteiger partial charge < -0.3 is 10.6 Å². The lowest BCUT2D eigenvalue weighted by Gasteiger charge is -2.25. The van der Waals surface area contributed by atoms with Gasteiger partial charge in [-0.2, -0.15) is 0 Å². The van der Waals surface area contributed by atoms with Crippen LogP contribution in [0.2, 0.25) is 0 Å². The summed E-state index contributed by atoms with van der Waals surface area (Å²) in [6.45, 7) is 2.01. The van der Waals surface area contributed by atoms with E-state index in [1.54, 1.807) is 0 Å². The summed E-state index contributed by atoms with van der Waals surface area (Å²) in [6, 6.07) is 0. The van der Waals surface area contributed by atoms with Gasteiger partial charge in [-0.25, -0.2) is 8.42 Å². The molecule has 0 spiro atoms. The Morgan fingerprint density at radius 1 is 1.38 bits per heavy atom. The third kappa shape index (κ3) is 4.02. The summed E-state index contributed by atoms with van der Waals surface area (Å²) >= 11 is 4.74. The predicted molar refractivity (Wildman–Crippen MR) is 56.5 cm³/mol. The fourth-order valence-corrected chi connectivity index (χ4v) is 2.61. The maximum absolute atomic E-state index is 11.1. The number of rotatable bonds is 3. The van der Waals surface area contributed by atoms with Gasteiger partial charge >= 0.3 is 0 Å². The van der Waals surface area contributed by atoms with Crippen molar-refractivity contribution in [2.75, 3.05) is 31.1 Å². The van der Waals surface area contributed by atoms with E-state index >= 15 is 0 Å². The minimum absolute atomic E-state index is 0.268. The topological polar surface area (TPSA) is 63.4 Å². The van der Waals surface area contributed by atoms with Crippen molar-refractivity contribution in [3.63, 3.8) is 0 Å². The molecule has 1 saturated heterocycles. The monoisotopic (exact) mass is 222 g/mol. The highest BCUT2D eigenvalue weighted by Gasteiger charge is 2.20. The Balaban J connectivity index is 2.29. The van der Waals surface area contributed by atoms with E-state index in [0.29, 0.717) is 24.5 Å². The predicted octanol–water partition coefficient (Wildman–Crippen LogP) is -0.607. The molecule has 0 bridgehead atoms. The third-order valence-electron chi connectivity index (χ3n) is 2.11. The zero-order valence-electron chi connectivity index (χ0n) is 7.40. The molecule has 1 fully saturated rings. The van der Waals surface area contributed by atoms with Crippen molar-refractivity contribution < 1.29 is 8.42 Å². The summed E-state index contributed by atoms with van der Waals surface area (Å²) in [7, 11) is -2.76. The highest BCUT2D eigenvalue weighted by molar-refractivity contribution is 7.91. The SMILES string of the molecule is NC(=S)CCN1CCS(=O)(=O)CC1. The van der Waals surface area contributed by atoms with E-state index < -0.39 is 9.84 Å². The van der Waals surface area contributed by atoms with E-state index in [9.17, 15) is 8.42 Å². The Hall–Kier alpha value is -0.200. The summed E-state index contributed by atoms with van der Waals surface area (Å²) in [6.07, 6.45) is 0.676. The summed E-state index contributed by atoms with van der Waals surface area (Å²) in [5.41, 5.74) is 5.35. The molecule has 0 aromatic carbocycles. The van der Waals surface area contributed by atoms with Gasteiger partial charge in [0.05, 0.1) is 16.5 Å². The quantitative estimate of drug-likeness (QED) is 0.646. The number of nitrogens with two attached hydrogens (primary N) is 1. The first-order chi connectivity index (χ1) is 5.99. The molecule has 0 aliphatic carbocycles. The Labute approximate surface area is 84.0 Å². The molecule has 4 nitrogen and oxygen atoms in total. The van der Waals surface area contributed by atoms with Crippen LogP contribution in [0.4, 0.5) is 0 Å². The molecule has 1 rings (SSSR count). The van der Waals surface area contributed by atoms with Crippen molar-refractivity contribution in [3.8, 4) is 0 Å². The third-order valence-corrected chi connectivity index (χ3v) is 3.92. The van der Waals surface area contributed by atoms with Crippen LogP contribution < -0.4 is 5.73 Å². The van der Waals surface area contributed by atoms with E-state index in [1.165, 1.54) is 0 Å². The van der Waals surface area contributed by atoms with Crippen LogP contribution in [0.3, 0.4) is 0 Å². The number of sulfone groups is 1. The van der Waals surface area contributed by atoms with Gasteiger partial charge in [0.15, 0.2) is 9.84 Å². The smallest absolute Gasteiger partial charge is 0.152 e. The van der Waals surface area contributed by atoms with Crippen LogP contribution in [0.1, 0.15) is 6.42 Å². The van der Waals surface area contributed by atoms with Crippen LogP contribution >= 0.6 is 12.2 Å². The molecule has 1 aliphatic heterocycles. The van der Waals surface area contributed by atoms with Gasteiger partial charge in [0, 0.05) is 26.1 Å².